The van der Waals surface area contributed by atoms with Gasteiger partial charge in [-0.2, -0.15) is 0 Å². The van der Waals surface area contributed by atoms with E-state index in [9.17, 15) is 4.79 Å². The number of hydrogen-bond acceptors (Lipinski definition) is 2. The zero-order valence-electron chi connectivity index (χ0n) is 8.99. The molecule has 1 fully saturated rings. The van der Waals surface area contributed by atoms with Crippen molar-refractivity contribution in [3.63, 3.8) is 0 Å². The van der Waals surface area contributed by atoms with Crippen molar-refractivity contribution in [3.8, 4) is 0 Å². The molecule has 1 aromatic heterocycles. The van der Waals surface area contributed by atoms with Crippen molar-refractivity contribution in [2.75, 3.05) is 6.54 Å². The van der Waals surface area contributed by atoms with Crippen molar-refractivity contribution in [2.45, 2.75) is 18.9 Å². The molecule has 2 aromatic rings. The van der Waals surface area contributed by atoms with Gasteiger partial charge in [-0.25, -0.2) is 0 Å². The van der Waals surface area contributed by atoms with Crippen LogP contribution in [0.15, 0.2) is 30.5 Å². The molecule has 1 atom stereocenters. The summed E-state index contributed by atoms with van der Waals surface area (Å²) in [7, 11) is 0. The van der Waals surface area contributed by atoms with Gasteiger partial charge in [0.2, 0.25) is 0 Å². The third-order valence-electron chi connectivity index (χ3n) is 3.21. The Bertz CT molecular complexity index is 529. The number of ketones is 1. The van der Waals surface area contributed by atoms with Crippen LogP contribution in [0.5, 0.6) is 0 Å². The Morgan fingerprint density at radius 2 is 2.19 bits per heavy atom. The van der Waals surface area contributed by atoms with E-state index < -0.39 is 0 Å². The van der Waals surface area contributed by atoms with Crippen molar-refractivity contribution < 1.29 is 4.79 Å². The van der Waals surface area contributed by atoms with Crippen LogP contribution >= 0.6 is 0 Å². The first-order valence-electron chi connectivity index (χ1n) is 5.65. The minimum absolute atomic E-state index is 0.195. The molecule has 1 aromatic carbocycles. The van der Waals surface area contributed by atoms with E-state index >= 15 is 0 Å². The van der Waals surface area contributed by atoms with Gasteiger partial charge in [0.25, 0.3) is 0 Å². The lowest BCUT2D eigenvalue weighted by atomic mass is 9.96. The molecule has 1 aliphatic rings. The fourth-order valence-corrected chi connectivity index (χ4v) is 2.31. The molecule has 1 saturated heterocycles. The highest BCUT2D eigenvalue weighted by atomic mass is 16.1. The highest BCUT2D eigenvalue weighted by molar-refractivity contribution is 5.82. The topological polar surface area (TPSA) is 44.9 Å². The first kappa shape index (κ1) is 9.60. The molecule has 0 amide bonds. The molecule has 82 valence electrons. The number of carbonyl (C=O) groups excluding carboxylic acids is 1. The predicted molar refractivity (Wildman–Crippen MR) is 63.3 cm³/mol. The molecule has 0 spiro atoms. The number of Topliss-reactive ketones (excluding diaryl/α,β-unsaturated/α-hetero) is 1. The Labute approximate surface area is 93.9 Å². The molecule has 3 heteroatoms. The molecule has 2 N–H and O–H groups in total. The average molecular weight is 214 g/mol. The van der Waals surface area contributed by atoms with Crippen LogP contribution in [0, 0.1) is 0 Å². The number of fused-ring (bicyclic) bond motifs is 1. The SMILES string of the molecule is O=C1CCNC(c2ccc3[nH]ccc3c2)C1. The van der Waals surface area contributed by atoms with Crippen LogP contribution < -0.4 is 5.32 Å². The average Bonchev–Trinajstić information content (AvgIpc) is 2.75. The summed E-state index contributed by atoms with van der Waals surface area (Å²) >= 11 is 0. The number of benzene rings is 1. The van der Waals surface area contributed by atoms with Crippen LogP contribution in [-0.2, 0) is 4.79 Å². The van der Waals surface area contributed by atoms with Crippen LogP contribution in [0.2, 0.25) is 0 Å². The van der Waals surface area contributed by atoms with Gasteiger partial charge in [-0.15, -0.1) is 0 Å². The molecular formula is C13H14N2O. The van der Waals surface area contributed by atoms with E-state index in [4.69, 9.17) is 0 Å². The summed E-state index contributed by atoms with van der Waals surface area (Å²) < 4.78 is 0. The third kappa shape index (κ3) is 1.63. The lowest BCUT2D eigenvalue weighted by Gasteiger charge is -2.23. The Morgan fingerprint density at radius 1 is 1.25 bits per heavy atom. The molecule has 1 unspecified atom stereocenters. The van der Waals surface area contributed by atoms with Crippen LogP contribution in [-0.4, -0.2) is 17.3 Å². The van der Waals surface area contributed by atoms with Gasteiger partial charge in [0.15, 0.2) is 0 Å². The molecule has 1 aliphatic heterocycles. The summed E-state index contributed by atoms with van der Waals surface area (Å²) in [5, 5.41) is 4.60. The van der Waals surface area contributed by atoms with E-state index in [2.05, 4.69) is 34.6 Å². The van der Waals surface area contributed by atoms with Crippen LogP contribution in [0.3, 0.4) is 0 Å². The van der Waals surface area contributed by atoms with Gasteiger partial charge >= 0.3 is 0 Å². The third-order valence-corrected chi connectivity index (χ3v) is 3.21. The molecule has 3 rings (SSSR count). The lowest BCUT2D eigenvalue weighted by molar-refractivity contribution is -0.120. The second-order valence-electron chi connectivity index (χ2n) is 4.32. The fraction of sp³-hybridized carbons (Fsp3) is 0.308. The number of hydrogen-bond donors (Lipinski definition) is 2. The van der Waals surface area contributed by atoms with Crippen molar-refractivity contribution >= 4 is 16.7 Å². The van der Waals surface area contributed by atoms with E-state index in [0.717, 1.165) is 12.1 Å². The summed E-state index contributed by atoms with van der Waals surface area (Å²) in [5.41, 5.74) is 2.35. The molecule has 0 bridgehead atoms. The fourth-order valence-electron chi connectivity index (χ4n) is 2.31. The number of H-pyrrole nitrogens is 1. The maximum Gasteiger partial charge on any atom is 0.136 e. The zero-order chi connectivity index (χ0) is 11.0. The highest BCUT2D eigenvalue weighted by Gasteiger charge is 2.20. The maximum absolute atomic E-state index is 11.4. The first-order valence-corrected chi connectivity index (χ1v) is 5.65. The Balaban J connectivity index is 1.95. The minimum Gasteiger partial charge on any atom is -0.361 e. The van der Waals surface area contributed by atoms with Gasteiger partial charge in [-0.1, -0.05) is 6.07 Å². The number of piperidine rings is 1. The van der Waals surface area contributed by atoms with Crippen molar-refractivity contribution in [1.82, 2.24) is 10.3 Å². The number of aromatic amines is 1. The van der Waals surface area contributed by atoms with Gasteiger partial charge in [-0.3, -0.25) is 4.79 Å². The van der Waals surface area contributed by atoms with Crippen molar-refractivity contribution in [1.29, 1.82) is 0 Å². The molecule has 0 saturated carbocycles. The van der Waals surface area contributed by atoms with Crippen molar-refractivity contribution in [2.24, 2.45) is 0 Å². The van der Waals surface area contributed by atoms with Gasteiger partial charge < -0.3 is 10.3 Å². The second kappa shape index (κ2) is 3.76. The molecule has 0 aliphatic carbocycles. The van der Waals surface area contributed by atoms with Crippen molar-refractivity contribution in [3.05, 3.63) is 36.0 Å². The lowest BCUT2D eigenvalue weighted by Crippen LogP contribution is -2.31. The second-order valence-corrected chi connectivity index (χ2v) is 4.32. The standard InChI is InChI=1S/C13H14N2O/c16-11-4-6-15-13(8-11)9-1-2-12-10(7-9)3-5-14-12/h1-3,5,7,13-15H,4,6,8H2. The molecule has 2 heterocycles. The van der Waals surface area contributed by atoms with Crippen LogP contribution in [0.4, 0.5) is 0 Å². The number of nitrogens with one attached hydrogen (secondary N) is 2. The molecule has 3 nitrogen and oxygen atoms in total. The van der Waals surface area contributed by atoms with E-state index in [1.54, 1.807) is 0 Å². The summed E-state index contributed by atoms with van der Waals surface area (Å²) in [5.74, 6) is 0.359. The van der Waals surface area contributed by atoms with Gasteiger partial charge in [-0.05, 0) is 29.1 Å². The summed E-state index contributed by atoms with van der Waals surface area (Å²) in [6.45, 7) is 0.800. The highest BCUT2D eigenvalue weighted by Crippen LogP contribution is 2.24. The van der Waals surface area contributed by atoms with Gasteiger partial charge in [0.05, 0.1) is 0 Å². The van der Waals surface area contributed by atoms with Crippen LogP contribution in [0.25, 0.3) is 10.9 Å². The Hall–Kier alpha value is -1.61. The Kier molecular flexibility index (Phi) is 2.26. The number of aromatic nitrogens is 1. The predicted octanol–water partition coefficient (Wildman–Crippen LogP) is 2.16. The van der Waals surface area contributed by atoms with Gasteiger partial charge in [0.1, 0.15) is 5.78 Å². The van der Waals surface area contributed by atoms with E-state index in [1.165, 1.54) is 10.9 Å². The Morgan fingerprint density at radius 3 is 3.06 bits per heavy atom. The quantitative estimate of drug-likeness (QED) is 0.764. The van der Waals surface area contributed by atoms with E-state index in [1.807, 2.05) is 6.20 Å². The largest absolute Gasteiger partial charge is 0.361 e. The minimum atomic E-state index is 0.195. The first-order chi connectivity index (χ1) is 7.83. The summed E-state index contributed by atoms with van der Waals surface area (Å²) in [6.07, 6.45) is 3.23. The molecule has 0 radical (unpaired) electrons. The van der Waals surface area contributed by atoms with E-state index in [-0.39, 0.29) is 6.04 Å². The normalized spacial score (nSPS) is 21.5. The summed E-state index contributed by atoms with van der Waals surface area (Å²) in [4.78, 5) is 14.6. The van der Waals surface area contributed by atoms with Crippen LogP contribution in [0.1, 0.15) is 24.4 Å². The number of rotatable bonds is 1. The smallest absolute Gasteiger partial charge is 0.136 e. The zero-order valence-corrected chi connectivity index (χ0v) is 8.99. The maximum atomic E-state index is 11.4. The monoisotopic (exact) mass is 214 g/mol. The summed E-state index contributed by atoms with van der Waals surface area (Å²) in [6, 6.07) is 8.58. The molecular weight excluding hydrogens is 200 g/mol. The molecule has 16 heavy (non-hydrogen) atoms. The van der Waals surface area contributed by atoms with E-state index in [0.29, 0.717) is 18.6 Å². The number of carbonyl (C=O) groups is 1. The van der Waals surface area contributed by atoms with Gasteiger partial charge in [0, 0.05) is 37.1 Å².